The number of halogens is 1. The van der Waals surface area contributed by atoms with Crippen LogP contribution >= 0.6 is 11.6 Å². The highest BCUT2D eigenvalue weighted by molar-refractivity contribution is 6.23. The molecular weight excluding hydrogens is 960 g/mol. The number of carbonyl (C=O) groups is 2. The number of benzene rings is 9. The highest BCUT2D eigenvalue weighted by Crippen LogP contribution is 2.56. The number of alkyl halides is 1. The molecule has 9 aromatic carbocycles. The Kier molecular flexibility index (Phi) is 14.1. The van der Waals surface area contributed by atoms with Crippen LogP contribution in [0.4, 0.5) is 0 Å². The lowest BCUT2D eigenvalue weighted by Gasteiger charge is -2.46. The summed E-state index contributed by atoms with van der Waals surface area (Å²) in [4.78, 5) is 26.7. The standard InChI is InChI=1S/C69H61ClO6/c1-7-66(4,50-29-21-46(22-30-50)64(72)49-27-39-56(40-28-49)75-59-16-14-15-54(71)45-59)68(6,9-3)76-58-43-35-53(36-44-58)69(62-19-12-10-17-60(62)61-18-11-13-20-63(61)69)52-33-41-57(42-34-52)74-55-37-25-48(26-38-55)65(73)47-23-31-51(32-24-47)67(5,70)8-2/h10-45,71H,7-9H2,1-6H3. The summed E-state index contributed by atoms with van der Waals surface area (Å²) in [5.74, 6) is 3.13. The molecule has 0 bridgehead atoms. The topological polar surface area (TPSA) is 82.1 Å². The number of hydrogen-bond donors (Lipinski definition) is 1. The Morgan fingerprint density at radius 3 is 1.29 bits per heavy atom. The molecule has 9 aromatic rings. The molecule has 0 amide bonds. The average Bonchev–Trinajstić information content (AvgIpc) is 3.78. The van der Waals surface area contributed by atoms with Crippen LogP contribution in [-0.4, -0.2) is 22.3 Å². The van der Waals surface area contributed by atoms with E-state index in [1.54, 1.807) is 60.7 Å². The number of carbonyl (C=O) groups excluding carboxylic acids is 2. The van der Waals surface area contributed by atoms with E-state index in [9.17, 15) is 14.7 Å². The molecule has 76 heavy (non-hydrogen) atoms. The average molecular weight is 1020 g/mol. The SMILES string of the molecule is CCC(C)(Cl)c1ccc(C(=O)c2ccc(Oc3ccc(C4(c5ccc(OC(C)(CC)C(C)(CC)c6ccc(C(=O)c7ccc(Oc8cccc(O)c8)cc7)cc6)cc5)c5ccccc5-c5ccccc54)cc3)cc2)cc1. The zero-order valence-electron chi connectivity index (χ0n) is 43.8. The monoisotopic (exact) mass is 1020 g/mol. The molecule has 1 aliphatic rings. The Balaban J connectivity index is 0.888. The first-order chi connectivity index (χ1) is 36.7. The Morgan fingerprint density at radius 2 is 0.855 bits per heavy atom. The van der Waals surface area contributed by atoms with E-state index in [0.29, 0.717) is 45.3 Å². The van der Waals surface area contributed by atoms with Gasteiger partial charge in [0.25, 0.3) is 0 Å². The normalized spacial score (nSPS) is 14.7. The van der Waals surface area contributed by atoms with Crippen molar-refractivity contribution >= 4 is 23.2 Å². The summed E-state index contributed by atoms with van der Waals surface area (Å²) in [7, 11) is 0. The molecule has 0 saturated carbocycles. The Morgan fingerprint density at radius 1 is 0.447 bits per heavy atom. The molecule has 7 heteroatoms. The van der Waals surface area contributed by atoms with E-state index in [-0.39, 0.29) is 17.3 Å². The van der Waals surface area contributed by atoms with Gasteiger partial charge in [-0.1, -0.05) is 155 Å². The van der Waals surface area contributed by atoms with Crippen molar-refractivity contribution in [2.75, 3.05) is 0 Å². The second-order valence-corrected chi connectivity index (χ2v) is 21.2. The van der Waals surface area contributed by atoms with Crippen LogP contribution < -0.4 is 14.2 Å². The molecule has 0 spiro atoms. The number of phenols is 1. The lowest BCUT2D eigenvalue weighted by Crippen LogP contribution is -2.51. The summed E-state index contributed by atoms with van der Waals surface area (Å²) < 4.78 is 19.5. The van der Waals surface area contributed by atoms with Gasteiger partial charge in [-0.2, -0.15) is 0 Å². The van der Waals surface area contributed by atoms with Crippen LogP contribution in [-0.2, 0) is 15.7 Å². The van der Waals surface area contributed by atoms with Gasteiger partial charge >= 0.3 is 0 Å². The van der Waals surface area contributed by atoms with Crippen molar-refractivity contribution in [3.8, 4) is 45.6 Å². The Hall–Kier alpha value is -8.19. The maximum absolute atomic E-state index is 13.7. The molecule has 380 valence electrons. The van der Waals surface area contributed by atoms with Crippen LogP contribution in [0, 0.1) is 0 Å². The summed E-state index contributed by atoms with van der Waals surface area (Å²) in [5, 5.41) is 9.82. The van der Waals surface area contributed by atoms with Gasteiger partial charge in [-0.15, -0.1) is 11.6 Å². The van der Waals surface area contributed by atoms with Gasteiger partial charge in [-0.25, -0.2) is 0 Å². The largest absolute Gasteiger partial charge is 0.508 e. The minimum absolute atomic E-state index is 0.0619. The molecule has 3 atom stereocenters. The van der Waals surface area contributed by atoms with Gasteiger partial charge in [0, 0.05) is 33.7 Å². The summed E-state index contributed by atoms with van der Waals surface area (Å²) in [6.07, 6.45) is 2.32. The molecule has 0 aliphatic heterocycles. The summed E-state index contributed by atoms with van der Waals surface area (Å²) in [5.41, 5.74) is 9.72. The zero-order valence-corrected chi connectivity index (χ0v) is 44.5. The third-order valence-corrected chi connectivity index (χ3v) is 16.6. The van der Waals surface area contributed by atoms with E-state index in [0.717, 1.165) is 47.3 Å². The van der Waals surface area contributed by atoms with Gasteiger partial charge < -0.3 is 19.3 Å². The fraction of sp³-hybridized carbons (Fsp3) is 0.188. The van der Waals surface area contributed by atoms with Crippen LogP contribution in [0.25, 0.3) is 11.1 Å². The molecule has 0 saturated heterocycles. The van der Waals surface area contributed by atoms with Gasteiger partial charge in [-0.3, -0.25) is 9.59 Å². The van der Waals surface area contributed by atoms with E-state index in [4.69, 9.17) is 25.8 Å². The molecule has 1 aliphatic carbocycles. The molecule has 6 nitrogen and oxygen atoms in total. The number of rotatable bonds is 18. The molecule has 0 radical (unpaired) electrons. The number of ether oxygens (including phenoxy) is 3. The maximum Gasteiger partial charge on any atom is 0.193 e. The van der Waals surface area contributed by atoms with E-state index in [1.165, 1.54) is 22.3 Å². The number of fused-ring (bicyclic) bond motifs is 3. The van der Waals surface area contributed by atoms with Crippen molar-refractivity contribution in [1.82, 2.24) is 0 Å². The van der Waals surface area contributed by atoms with Gasteiger partial charge in [0.2, 0.25) is 0 Å². The molecule has 0 fully saturated rings. The second kappa shape index (κ2) is 20.8. The first-order valence-electron chi connectivity index (χ1n) is 26.1. The summed E-state index contributed by atoms with van der Waals surface area (Å²) in [6, 6.07) is 70.8. The Labute approximate surface area is 451 Å². The quantitative estimate of drug-likeness (QED) is 0.0681. The van der Waals surface area contributed by atoms with Crippen molar-refractivity contribution in [2.24, 2.45) is 0 Å². The lowest BCUT2D eigenvalue weighted by atomic mass is 9.66. The number of aromatic hydroxyl groups is 1. The van der Waals surface area contributed by atoms with Crippen molar-refractivity contribution in [1.29, 1.82) is 0 Å². The van der Waals surface area contributed by atoms with Crippen LogP contribution in [0.15, 0.2) is 218 Å². The van der Waals surface area contributed by atoms with E-state index < -0.39 is 21.3 Å². The van der Waals surface area contributed by atoms with Crippen molar-refractivity contribution in [2.45, 2.75) is 82.1 Å². The van der Waals surface area contributed by atoms with Crippen molar-refractivity contribution in [3.05, 3.63) is 274 Å². The minimum Gasteiger partial charge on any atom is -0.508 e. The zero-order chi connectivity index (χ0) is 53.2. The van der Waals surface area contributed by atoms with E-state index >= 15 is 0 Å². The van der Waals surface area contributed by atoms with Crippen LogP contribution in [0.3, 0.4) is 0 Å². The van der Waals surface area contributed by atoms with Gasteiger partial charge in [-0.05, 0) is 163 Å². The molecular formula is C69H61ClO6. The van der Waals surface area contributed by atoms with E-state index in [1.807, 2.05) is 74.5 Å². The number of phenolic OH excluding ortho intramolecular Hbond substituents is 1. The maximum atomic E-state index is 13.7. The summed E-state index contributed by atoms with van der Waals surface area (Å²) in [6.45, 7) is 12.8. The first-order valence-corrected chi connectivity index (χ1v) is 26.5. The third kappa shape index (κ3) is 9.47. The van der Waals surface area contributed by atoms with Gasteiger partial charge in [0.15, 0.2) is 11.6 Å². The van der Waals surface area contributed by atoms with E-state index in [2.05, 4.69) is 125 Å². The smallest absolute Gasteiger partial charge is 0.193 e. The molecule has 0 aromatic heterocycles. The highest BCUT2D eigenvalue weighted by atomic mass is 35.5. The van der Waals surface area contributed by atoms with Crippen molar-refractivity contribution in [3.63, 3.8) is 0 Å². The fourth-order valence-electron chi connectivity index (χ4n) is 11.0. The molecule has 1 N–H and O–H groups in total. The minimum atomic E-state index is -0.641. The third-order valence-electron chi connectivity index (χ3n) is 16.1. The lowest BCUT2D eigenvalue weighted by molar-refractivity contribution is 0.00302. The number of ketones is 2. The van der Waals surface area contributed by atoms with Gasteiger partial charge in [0.1, 0.15) is 40.1 Å². The first kappa shape index (κ1) is 51.3. The van der Waals surface area contributed by atoms with Crippen LogP contribution in [0.5, 0.6) is 34.5 Å². The fourth-order valence-corrected chi connectivity index (χ4v) is 11.1. The predicted octanol–water partition coefficient (Wildman–Crippen LogP) is 17.6. The molecule has 10 rings (SSSR count). The van der Waals surface area contributed by atoms with Crippen LogP contribution in [0.1, 0.15) is 126 Å². The Bertz CT molecular complexity index is 3480. The molecule has 3 unspecified atom stereocenters. The van der Waals surface area contributed by atoms with Crippen molar-refractivity contribution < 1.29 is 28.9 Å². The highest BCUT2D eigenvalue weighted by Gasteiger charge is 2.48. The predicted molar refractivity (Wildman–Crippen MR) is 305 cm³/mol. The van der Waals surface area contributed by atoms with Gasteiger partial charge in [0.05, 0.1) is 10.3 Å². The molecule has 0 heterocycles. The van der Waals surface area contributed by atoms with Crippen LogP contribution in [0.2, 0.25) is 0 Å². The number of hydrogen-bond acceptors (Lipinski definition) is 6. The second-order valence-electron chi connectivity index (χ2n) is 20.4. The summed E-state index contributed by atoms with van der Waals surface area (Å²) >= 11 is 6.67.